The highest BCUT2D eigenvalue weighted by atomic mass is 31.2. The van der Waals surface area contributed by atoms with Gasteiger partial charge < -0.3 is 24.0 Å². The van der Waals surface area contributed by atoms with Gasteiger partial charge in [-0.15, -0.1) is 0 Å². The van der Waals surface area contributed by atoms with Gasteiger partial charge in [0, 0.05) is 62.3 Å². The molecule has 0 aliphatic carbocycles. The molecule has 4 rings (SSSR count). The number of rotatable bonds is 18. The van der Waals surface area contributed by atoms with E-state index < -0.39 is 50.9 Å². The SMILES string of the molecule is COc1ccc(-n2c(C(=O)N(C)C)c(OC(=O)c3ccc(COP(=O)(OC)OC)cc3)c(OC(=O)c3ccc(COP(=O)(OC)OC)cc3)c2C(=O)N(C)C)cc1. The van der Waals surface area contributed by atoms with E-state index in [2.05, 4.69) is 0 Å². The average Bonchev–Trinajstić information content (AvgIpc) is 3.53. The molecule has 0 bridgehead atoms. The maximum absolute atomic E-state index is 14.1. The molecule has 0 saturated heterocycles. The molecule has 0 atom stereocenters. The van der Waals surface area contributed by atoms with Crippen molar-refractivity contribution >= 4 is 39.4 Å². The Morgan fingerprint density at radius 3 is 1.19 bits per heavy atom. The number of aromatic nitrogens is 1. The van der Waals surface area contributed by atoms with Crippen molar-refractivity contribution in [3.63, 3.8) is 0 Å². The minimum atomic E-state index is -3.78. The number of benzene rings is 3. The molecule has 3 aromatic carbocycles. The Morgan fingerprint density at radius 1 is 0.544 bits per heavy atom. The van der Waals surface area contributed by atoms with Gasteiger partial charge in [-0.2, -0.15) is 0 Å². The van der Waals surface area contributed by atoms with Crippen molar-refractivity contribution in [2.45, 2.75) is 13.2 Å². The van der Waals surface area contributed by atoms with Crippen LogP contribution in [-0.2, 0) is 49.5 Å². The van der Waals surface area contributed by atoms with Gasteiger partial charge >= 0.3 is 27.6 Å². The Bertz CT molecular complexity index is 2020. The van der Waals surface area contributed by atoms with Crippen molar-refractivity contribution in [2.75, 3.05) is 63.7 Å². The molecule has 4 aromatic rings. The summed E-state index contributed by atoms with van der Waals surface area (Å²) in [5.74, 6) is -4.00. The fourth-order valence-corrected chi connectivity index (χ4v) is 6.30. The van der Waals surface area contributed by atoms with Crippen LogP contribution in [0.25, 0.3) is 5.69 Å². The average molecular weight is 832 g/mol. The molecule has 1 aromatic heterocycles. The van der Waals surface area contributed by atoms with Crippen LogP contribution in [0.3, 0.4) is 0 Å². The highest BCUT2D eigenvalue weighted by Crippen LogP contribution is 2.49. The zero-order valence-corrected chi connectivity index (χ0v) is 34.5. The third-order valence-corrected chi connectivity index (χ3v) is 10.8. The number of carbonyl (C=O) groups excluding carboxylic acids is 4. The lowest BCUT2D eigenvalue weighted by Gasteiger charge is -2.18. The van der Waals surface area contributed by atoms with Crippen molar-refractivity contribution in [1.29, 1.82) is 0 Å². The lowest BCUT2D eigenvalue weighted by atomic mass is 10.1. The number of carbonyl (C=O) groups is 4. The Hall–Kier alpha value is -5.16. The van der Waals surface area contributed by atoms with E-state index in [0.29, 0.717) is 16.9 Å². The number of methoxy groups -OCH3 is 1. The molecule has 2 amide bonds. The topological polar surface area (TPSA) is 197 Å². The maximum atomic E-state index is 14.1. The van der Waals surface area contributed by atoms with Gasteiger partial charge in [0.15, 0.2) is 11.4 Å². The lowest BCUT2D eigenvalue weighted by molar-refractivity contribution is 0.0672. The molecule has 0 N–H and O–H groups in total. The summed E-state index contributed by atoms with van der Waals surface area (Å²) < 4.78 is 72.7. The van der Waals surface area contributed by atoms with Crippen LogP contribution in [0.2, 0.25) is 0 Å². The second-order valence-electron chi connectivity index (χ2n) is 12.1. The van der Waals surface area contributed by atoms with Crippen molar-refractivity contribution in [1.82, 2.24) is 14.4 Å². The van der Waals surface area contributed by atoms with Gasteiger partial charge in [0.1, 0.15) is 5.75 Å². The smallest absolute Gasteiger partial charge is 0.474 e. The van der Waals surface area contributed by atoms with Crippen LogP contribution in [0.1, 0.15) is 52.8 Å². The number of amides is 2. The van der Waals surface area contributed by atoms with E-state index >= 15 is 0 Å². The van der Waals surface area contributed by atoms with Crippen LogP contribution in [0, 0.1) is 0 Å². The Kier molecular flexibility index (Phi) is 15.1. The van der Waals surface area contributed by atoms with Crippen molar-refractivity contribution in [2.24, 2.45) is 0 Å². The van der Waals surface area contributed by atoms with Crippen LogP contribution < -0.4 is 14.2 Å². The van der Waals surface area contributed by atoms with Gasteiger partial charge in [-0.1, -0.05) is 24.3 Å². The second-order valence-corrected chi connectivity index (χ2v) is 15.9. The van der Waals surface area contributed by atoms with Crippen molar-refractivity contribution in [3.05, 3.63) is 106 Å². The van der Waals surface area contributed by atoms with Gasteiger partial charge in [0.25, 0.3) is 11.8 Å². The van der Waals surface area contributed by atoms with Crippen LogP contribution in [0.15, 0.2) is 72.8 Å². The molecule has 20 heteroatoms. The van der Waals surface area contributed by atoms with E-state index in [4.69, 9.17) is 41.4 Å². The van der Waals surface area contributed by atoms with E-state index in [9.17, 15) is 28.3 Å². The Morgan fingerprint density at radius 2 is 0.895 bits per heavy atom. The van der Waals surface area contributed by atoms with E-state index in [0.717, 1.165) is 0 Å². The summed E-state index contributed by atoms with van der Waals surface area (Å²) in [5.41, 5.74) is 0.582. The summed E-state index contributed by atoms with van der Waals surface area (Å²) in [6.07, 6.45) is 0. The molecule has 0 aliphatic rings. The van der Waals surface area contributed by atoms with Crippen LogP contribution in [0.4, 0.5) is 0 Å². The molecule has 57 heavy (non-hydrogen) atoms. The second kappa shape index (κ2) is 19.3. The summed E-state index contributed by atoms with van der Waals surface area (Å²) in [6, 6.07) is 17.9. The highest BCUT2D eigenvalue weighted by molar-refractivity contribution is 7.48. The summed E-state index contributed by atoms with van der Waals surface area (Å²) in [6.45, 7) is -0.378. The third kappa shape index (κ3) is 10.6. The fraction of sp³-hybridized carbons (Fsp3) is 0.297. The molecule has 0 saturated carbocycles. The molecular formula is C37H43N3O15P2. The number of phosphoric ester groups is 2. The van der Waals surface area contributed by atoms with Gasteiger partial charge in [0.05, 0.1) is 31.5 Å². The molecule has 0 aliphatic heterocycles. The van der Waals surface area contributed by atoms with Gasteiger partial charge in [-0.3, -0.25) is 41.3 Å². The van der Waals surface area contributed by atoms with Crippen LogP contribution >= 0.6 is 15.6 Å². The first-order chi connectivity index (χ1) is 27.0. The van der Waals surface area contributed by atoms with E-state index in [1.807, 2.05) is 0 Å². The summed E-state index contributed by atoms with van der Waals surface area (Å²) in [4.78, 5) is 58.3. The fourth-order valence-electron chi connectivity index (χ4n) is 4.96. The standard InChI is InChI=1S/C37H43N3O15P2/c1-38(2)34(41)30-32(54-36(43)26-14-10-24(11-15-26)22-52-56(45,48-6)49-7)33(31(35(42)39(3)4)40(30)28-18-20-29(47-5)21-19-28)55-37(44)27-16-12-25(13-17-27)23-53-57(46,50-8)51-9/h10-21H,22-23H2,1-9H3. The van der Waals surface area contributed by atoms with Gasteiger partial charge in [0.2, 0.25) is 11.5 Å². The molecular weight excluding hydrogens is 788 g/mol. The largest absolute Gasteiger partial charge is 0.497 e. The minimum Gasteiger partial charge on any atom is -0.497 e. The monoisotopic (exact) mass is 831 g/mol. The molecule has 0 spiro atoms. The molecule has 0 unspecified atom stereocenters. The van der Waals surface area contributed by atoms with E-state index in [1.54, 1.807) is 24.3 Å². The Balaban J connectivity index is 1.86. The number of hydrogen-bond acceptors (Lipinski definition) is 15. The maximum Gasteiger partial charge on any atom is 0.474 e. The van der Waals surface area contributed by atoms with E-state index in [1.165, 1.54) is 127 Å². The van der Waals surface area contributed by atoms with Crippen molar-refractivity contribution < 1.29 is 69.7 Å². The predicted octanol–water partition coefficient (Wildman–Crippen LogP) is 6.16. The number of ether oxygens (including phenoxy) is 3. The predicted molar refractivity (Wildman–Crippen MR) is 204 cm³/mol. The summed E-state index contributed by atoms with van der Waals surface area (Å²) in [5, 5.41) is 0. The lowest BCUT2D eigenvalue weighted by Crippen LogP contribution is -2.28. The number of hydrogen-bond donors (Lipinski definition) is 0. The molecule has 18 nitrogen and oxygen atoms in total. The zero-order valence-electron chi connectivity index (χ0n) is 32.7. The minimum absolute atomic E-state index is 0.0112. The zero-order chi connectivity index (χ0) is 42.1. The molecule has 0 fully saturated rings. The first-order valence-corrected chi connectivity index (χ1v) is 19.7. The molecule has 306 valence electrons. The first-order valence-electron chi connectivity index (χ1n) is 16.7. The highest BCUT2D eigenvalue weighted by Gasteiger charge is 2.38. The summed E-state index contributed by atoms with van der Waals surface area (Å²) >= 11 is 0. The van der Waals surface area contributed by atoms with Gasteiger partial charge in [-0.05, 0) is 59.7 Å². The summed E-state index contributed by atoms with van der Waals surface area (Å²) in [7, 11) is 4.39. The number of nitrogens with zero attached hydrogens (tertiary/aromatic N) is 3. The van der Waals surface area contributed by atoms with Gasteiger partial charge in [-0.25, -0.2) is 18.7 Å². The first kappa shape index (κ1) is 44.6. The quantitative estimate of drug-likeness (QED) is 0.0815. The van der Waals surface area contributed by atoms with Crippen molar-refractivity contribution in [3.8, 4) is 22.9 Å². The number of esters is 2. The molecule has 1 heterocycles. The Labute approximate surface area is 329 Å². The molecule has 0 radical (unpaired) electrons. The normalized spacial score (nSPS) is 11.5. The van der Waals surface area contributed by atoms with Crippen LogP contribution in [-0.4, -0.2) is 102 Å². The number of phosphoric acid groups is 2. The van der Waals surface area contributed by atoms with E-state index in [-0.39, 0.29) is 41.4 Å². The van der Waals surface area contributed by atoms with Crippen LogP contribution in [0.5, 0.6) is 17.2 Å². The third-order valence-electron chi connectivity index (χ3n) is 8.07.